The molecule has 0 heterocycles. The molecule has 6 nitrogen and oxygen atoms in total. The molecule has 0 aromatic rings. The van der Waals surface area contributed by atoms with Crippen molar-refractivity contribution >= 4 is 12.1 Å². The number of unbranched alkanes of at least 4 members (excludes halogenated alkanes) is 3. The predicted molar refractivity (Wildman–Crippen MR) is 93.8 cm³/mol. The first kappa shape index (κ1) is 22.3. The van der Waals surface area contributed by atoms with Gasteiger partial charge in [-0.2, -0.15) is 0 Å². The van der Waals surface area contributed by atoms with E-state index in [1.54, 1.807) is 33.8 Å². The van der Waals surface area contributed by atoms with E-state index in [-0.39, 0.29) is 6.61 Å². The molecule has 0 rings (SSSR count). The molecule has 140 valence electrons. The van der Waals surface area contributed by atoms with Crippen molar-refractivity contribution in [3.63, 3.8) is 0 Å². The normalized spacial score (nSPS) is 13.3. The topological polar surface area (TPSA) is 84.9 Å². The third-order valence-corrected chi connectivity index (χ3v) is 3.16. The van der Waals surface area contributed by atoms with Crippen LogP contribution < -0.4 is 5.32 Å². The van der Waals surface area contributed by atoms with Crippen molar-refractivity contribution in [3.8, 4) is 0 Å². The summed E-state index contributed by atoms with van der Waals surface area (Å²) in [5, 5.41) is 11.6. The van der Waals surface area contributed by atoms with Gasteiger partial charge in [0.25, 0.3) is 0 Å². The number of alkyl carbamates (subject to hydrolysis) is 1. The van der Waals surface area contributed by atoms with Crippen LogP contribution in [-0.2, 0) is 14.3 Å². The molecule has 0 aromatic heterocycles. The Hall–Kier alpha value is -1.72. The smallest absolute Gasteiger partial charge is 0.407 e. The highest BCUT2D eigenvalue weighted by Crippen LogP contribution is 2.14. The van der Waals surface area contributed by atoms with Gasteiger partial charge < -0.3 is 19.9 Å². The van der Waals surface area contributed by atoms with Crippen molar-refractivity contribution in [2.75, 3.05) is 13.2 Å². The Balaban J connectivity index is 4.30. The highest BCUT2D eigenvalue weighted by atomic mass is 16.6. The number of aliphatic carboxylic acids is 1. The molecule has 0 aliphatic heterocycles. The van der Waals surface area contributed by atoms with Gasteiger partial charge in [0, 0.05) is 6.42 Å². The lowest BCUT2D eigenvalue weighted by molar-refractivity contribution is -0.139. The van der Waals surface area contributed by atoms with Gasteiger partial charge >= 0.3 is 12.1 Å². The highest BCUT2D eigenvalue weighted by Gasteiger charge is 2.15. The summed E-state index contributed by atoms with van der Waals surface area (Å²) in [7, 11) is 0. The molecule has 2 N–H and O–H groups in total. The summed E-state index contributed by atoms with van der Waals surface area (Å²) in [6, 6.07) is 0. The van der Waals surface area contributed by atoms with Gasteiger partial charge in [0.2, 0.25) is 0 Å². The van der Waals surface area contributed by atoms with Gasteiger partial charge in [-0.15, -0.1) is 0 Å². The Bertz CT molecular complexity index is 412. The Labute approximate surface area is 145 Å². The average molecular weight is 343 g/mol. The molecule has 1 amide bonds. The molecular weight excluding hydrogens is 310 g/mol. The fraction of sp³-hybridized carbons (Fsp3) is 0.778. The summed E-state index contributed by atoms with van der Waals surface area (Å²) >= 11 is 0. The Morgan fingerprint density at radius 2 is 1.88 bits per heavy atom. The molecule has 0 spiro atoms. The van der Waals surface area contributed by atoms with Crippen LogP contribution in [0.15, 0.2) is 11.8 Å². The maximum Gasteiger partial charge on any atom is 0.407 e. The van der Waals surface area contributed by atoms with Crippen LogP contribution in [0.2, 0.25) is 0 Å². The van der Waals surface area contributed by atoms with Gasteiger partial charge in [0.05, 0.1) is 18.2 Å². The average Bonchev–Trinajstić information content (AvgIpc) is 2.45. The lowest BCUT2D eigenvalue weighted by atomic mass is 10.1. The molecule has 0 saturated carbocycles. The number of allylic oxidation sites excluding steroid dienone is 1. The lowest BCUT2D eigenvalue weighted by Gasteiger charge is -2.20. The van der Waals surface area contributed by atoms with Crippen molar-refractivity contribution in [2.45, 2.75) is 72.3 Å². The van der Waals surface area contributed by atoms with Crippen LogP contribution in [-0.4, -0.2) is 35.9 Å². The van der Waals surface area contributed by atoms with Gasteiger partial charge in [-0.05, 0) is 40.2 Å². The molecule has 24 heavy (non-hydrogen) atoms. The Morgan fingerprint density at radius 1 is 1.21 bits per heavy atom. The maximum atomic E-state index is 11.5. The number of hydrogen-bond acceptors (Lipinski definition) is 4. The fourth-order valence-electron chi connectivity index (χ4n) is 1.93. The largest absolute Gasteiger partial charge is 0.496 e. The van der Waals surface area contributed by atoms with Crippen LogP contribution in [0.5, 0.6) is 0 Å². The van der Waals surface area contributed by atoms with E-state index in [0.29, 0.717) is 18.7 Å². The zero-order valence-corrected chi connectivity index (χ0v) is 15.7. The van der Waals surface area contributed by atoms with Crippen molar-refractivity contribution in [1.29, 1.82) is 0 Å². The van der Waals surface area contributed by atoms with Crippen LogP contribution >= 0.6 is 0 Å². The molecule has 0 saturated heterocycles. The maximum absolute atomic E-state index is 11.5. The monoisotopic (exact) mass is 343 g/mol. The first-order chi connectivity index (χ1) is 11.2. The van der Waals surface area contributed by atoms with Gasteiger partial charge in [0.15, 0.2) is 0 Å². The summed E-state index contributed by atoms with van der Waals surface area (Å²) in [6.07, 6.45) is 6.22. The first-order valence-electron chi connectivity index (χ1n) is 8.69. The molecule has 0 fully saturated rings. The zero-order chi connectivity index (χ0) is 18.6. The molecule has 0 aliphatic carbocycles. The zero-order valence-electron chi connectivity index (χ0n) is 15.7. The molecule has 0 aliphatic rings. The van der Waals surface area contributed by atoms with E-state index < -0.39 is 23.6 Å². The number of ether oxygens (including phenoxy) is 2. The van der Waals surface area contributed by atoms with Crippen LogP contribution in [0.25, 0.3) is 0 Å². The quantitative estimate of drug-likeness (QED) is 0.436. The standard InChI is InChI=1S/C18H33NO5/c1-6-7-8-9-10-15(13-14(2)16(20)21)23-12-11-19-17(22)24-18(3,4)5/h13-14H,6-12H2,1-5H3,(H,19,22)(H,20,21)/t14-/m1/s1. The molecule has 0 aromatic carbocycles. The third-order valence-electron chi connectivity index (χ3n) is 3.16. The molecule has 1 atom stereocenters. The second-order valence-corrected chi connectivity index (χ2v) is 6.85. The van der Waals surface area contributed by atoms with Crippen molar-refractivity contribution in [3.05, 3.63) is 11.8 Å². The number of nitrogens with one attached hydrogen (secondary N) is 1. The Kier molecular flexibility index (Phi) is 10.9. The highest BCUT2D eigenvalue weighted by molar-refractivity contribution is 5.71. The summed E-state index contributed by atoms with van der Waals surface area (Å²) in [6.45, 7) is 9.75. The molecule has 6 heteroatoms. The third kappa shape index (κ3) is 12.8. The van der Waals surface area contributed by atoms with E-state index in [1.807, 2.05) is 0 Å². The second kappa shape index (κ2) is 11.8. The predicted octanol–water partition coefficient (Wildman–Crippen LogP) is 4.10. The minimum absolute atomic E-state index is 0.283. The number of rotatable bonds is 11. The van der Waals surface area contributed by atoms with Gasteiger partial charge in [-0.25, -0.2) is 4.79 Å². The minimum atomic E-state index is -0.878. The minimum Gasteiger partial charge on any atom is -0.496 e. The number of carboxylic acid groups (broad SMARTS) is 1. The summed E-state index contributed by atoms with van der Waals surface area (Å²) in [4.78, 5) is 22.5. The van der Waals surface area contributed by atoms with E-state index >= 15 is 0 Å². The van der Waals surface area contributed by atoms with Crippen molar-refractivity contribution < 1.29 is 24.2 Å². The van der Waals surface area contributed by atoms with Crippen molar-refractivity contribution in [2.24, 2.45) is 5.92 Å². The fourth-order valence-corrected chi connectivity index (χ4v) is 1.93. The van der Waals surface area contributed by atoms with Crippen molar-refractivity contribution in [1.82, 2.24) is 5.32 Å². The number of carboxylic acids is 1. The van der Waals surface area contributed by atoms with Crippen LogP contribution in [0, 0.1) is 5.92 Å². The van der Waals surface area contributed by atoms with Gasteiger partial charge in [-0.1, -0.05) is 26.2 Å². The summed E-state index contributed by atoms with van der Waals surface area (Å²) in [5.74, 6) is -0.798. The molecular formula is C18H33NO5. The van der Waals surface area contributed by atoms with E-state index in [9.17, 15) is 9.59 Å². The number of carbonyl (C=O) groups is 2. The number of hydrogen-bond donors (Lipinski definition) is 2. The Morgan fingerprint density at radius 3 is 2.42 bits per heavy atom. The van der Waals surface area contributed by atoms with Crippen LogP contribution in [0.4, 0.5) is 4.79 Å². The van der Waals surface area contributed by atoms with E-state index in [4.69, 9.17) is 14.6 Å². The van der Waals surface area contributed by atoms with Crippen LogP contribution in [0.3, 0.4) is 0 Å². The van der Waals surface area contributed by atoms with Gasteiger partial charge in [-0.3, -0.25) is 4.79 Å². The molecule has 0 unspecified atom stereocenters. The van der Waals surface area contributed by atoms with E-state index in [1.165, 1.54) is 0 Å². The number of amides is 1. The summed E-state index contributed by atoms with van der Waals surface area (Å²) < 4.78 is 10.8. The lowest BCUT2D eigenvalue weighted by Crippen LogP contribution is -2.34. The summed E-state index contributed by atoms with van der Waals surface area (Å²) in [5.41, 5.74) is -0.536. The van der Waals surface area contributed by atoms with Crippen LogP contribution in [0.1, 0.15) is 66.7 Å². The van der Waals surface area contributed by atoms with Gasteiger partial charge in [0.1, 0.15) is 12.2 Å². The molecule has 0 radical (unpaired) electrons. The van der Waals surface area contributed by atoms with E-state index in [0.717, 1.165) is 25.7 Å². The molecule has 0 bridgehead atoms. The first-order valence-corrected chi connectivity index (χ1v) is 8.69. The SMILES string of the molecule is CCCCCCC(=C[C@@H](C)C(=O)O)OCCNC(=O)OC(C)(C)C. The second-order valence-electron chi connectivity index (χ2n) is 6.85. The van der Waals surface area contributed by atoms with E-state index in [2.05, 4.69) is 12.2 Å². The number of carbonyl (C=O) groups excluding carboxylic acids is 1.